The molecule has 0 saturated carbocycles. The van der Waals surface area contributed by atoms with E-state index >= 15 is 0 Å². The average Bonchev–Trinajstić information content (AvgIpc) is 3.66. The lowest BCUT2D eigenvalue weighted by Gasteiger charge is -2.29. The van der Waals surface area contributed by atoms with Crippen LogP contribution < -0.4 is 16.0 Å². The van der Waals surface area contributed by atoms with Gasteiger partial charge in [0.25, 0.3) is 0 Å². The van der Waals surface area contributed by atoms with Gasteiger partial charge in [0.1, 0.15) is 18.1 Å². The minimum atomic E-state index is -1.04. The number of benzene rings is 1. The SMILES string of the molecule is CSCCC(NC(=O)C1CCCN1)C(=O)NC(Cc1c[nH]c2ccccc12)C(=O)N1CCCC1C(=O)O. The Labute approximate surface area is 220 Å². The number of hydrogen-bond donors (Lipinski definition) is 5. The van der Waals surface area contributed by atoms with Crippen LogP contribution in [0.1, 0.15) is 37.7 Å². The van der Waals surface area contributed by atoms with Crippen molar-refractivity contribution in [2.75, 3.05) is 25.1 Å². The van der Waals surface area contributed by atoms with E-state index in [9.17, 15) is 24.3 Å². The highest BCUT2D eigenvalue weighted by Gasteiger charge is 2.38. The van der Waals surface area contributed by atoms with Crippen LogP contribution in [0.2, 0.25) is 0 Å². The molecule has 4 unspecified atom stereocenters. The molecule has 1 aromatic heterocycles. The van der Waals surface area contributed by atoms with E-state index in [4.69, 9.17) is 0 Å². The highest BCUT2D eigenvalue weighted by atomic mass is 32.2. The standard InChI is InChI=1S/C26H35N5O5S/c1-37-13-10-20(29-23(32)19-8-4-11-27-19)24(33)30-21(25(34)31-12-5-9-22(31)26(35)36)14-16-15-28-18-7-3-2-6-17(16)18/h2-3,6-7,15,19-22,27-28H,4-5,8-14H2,1H3,(H,29,32)(H,30,33)(H,35,36). The van der Waals surface area contributed by atoms with E-state index in [2.05, 4.69) is 20.9 Å². The Morgan fingerprint density at radius 3 is 2.68 bits per heavy atom. The average molecular weight is 530 g/mol. The number of aromatic nitrogens is 1. The number of thioether (sulfide) groups is 1. The largest absolute Gasteiger partial charge is 0.480 e. The Bertz CT molecular complexity index is 1130. The molecule has 4 rings (SSSR count). The summed E-state index contributed by atoms with van der Waals surface area (Å²) in [4.78, 5) is 56.3. The molecule has 37 heavy (non-hydrogen) atoms. The molecule has 3 heterocycles. The Kier molecular flexibility index (Phi) is 9.09. The molecule has 1 aromatic carbocycles. The van der Waals surface area contributed by atoms with Crippen molar-refractivity contribution in [3.8, 4) is 0 Å². The molecule has 4 atom stereocenters. The van der Waals surface area contributed by atoms with Crippen LogP contribution in [0.5, 0.6) is 0 Å². The Balaban J connectivity index is 1.56. The van der Waals surface area contributed by atoms with E-state index in [1.807, 2.05) is 36.7 Å². The van der Waals surface area contributed by atoms with Crippen molar-refractivity contribution in [3.63, 3.8) is 0 Å². The monoisotopic (exact) mass is 529 g/mol. The van der Waals surface area contributed by atoms with Crippen LogP contribution in [0, 0.1) is 0 Å². The van der Waals surface area contributed by atoms with Gasteiger partial charge in [0.2, 0.25) is 17.7 Å². The molecule has 3 amide bonds. The number of amides is 3. The number of carboxylic acid groups (broad SMARTS) is 1. The van der Waals surface area contributed by atoms with Crippen LogP contribution in [-0.2, 0) is 25.6 Å². The number of carbonyl (C=O) groups excluding carboxylic acids is 3. The minimum absolute atomic E-state index is 0.199. The summed E-state index contributed by atoms with van der Waals surface area (Å²) in [7, 11) is 0. The molecule has 0 aliphatic carbocycles. The first-order valence-corrected chi connectivity index (χ1v) is 14.2. The molecular formula is C26H35N5O5S. The zero-order chi connectivity index (χ0) is 26.4. The maximum atomic E-state index is 13.7. The van der Waals surface area contributed by atoms with Gasteiger partial charge in [0.05, 0.1) is 6.04 Å². The molecular weight excluding hydrogens is 494 g/mol. The van der Waals surface area contributed by atoms with Crippen LogP contribution in [0.4, 0.5) is 0 Å². The van der Waals surface area contributed by atoms with E-state index in [0.717, 1.165) is 35.9 Å². The number of para-hydroxylation sites is 1. The van der Waals surface area contributed by atoms with Crippen LogP contribution in [0.15, 0.2) is 30.5 Å². The molecule has 2 aromatic rings. The number of nitrogens with zero attached hydrogens (tertiary/aromatic N) is 1. The predicted molar refractivity (Wildman–Crippen MR) is 142 cm³/mol. The first-order valence-electron chi connectivity index (χ1n) is 12.8. The lowest BCUT2D eigenvalue weighted by Crippen LogP contribution is -2.57. The molecule has 0 spiro atoms. The smallest absolute Gasteiger partial charge is 0.326 e. The van der Waals surface area contributed by atoms with E-state index in [-0.39, 0.29) is 18.4 Å². The number of aromatic amines is 1. The summed E-state index contributed by atoms with van der Waals surface area (Å²) in [5, 5.41) is 19.5. The van der Waals surface area contributed by atoms with Crippen LogP contribution in [0.3, 0.4) is 0 Å². The second-order valence-electron chi connectivity index (χ2n) is 9.64. The zero-order valence-corrected chi connectivity index (χ0v) is 21.8. The number of nitrogens with one attached hydrogen (secondary N) is 4. The molecule has 11 heteroatoms. The van der Waals surface area contributed by atoms with Gasteiger partial charge in [-0.15, -0.1) is 0 Å². The number of aliphatic carboxylic acids is 1. The van der Waals surface area contributed by atoms with E-state index < -0.39 is 35.9 Å². The molecule has 0 bridgehead atoms. The molecule has 2 aliphatic rings. The third kappa shape index (κ3) is 6.45. The fraction of sp³-hybridized carbons (Fsp3) is 0.538. The van der Waals surface area contributed by atoms with Gasteiger partial charge in [-0.1, -0.05) is 18.2 Å². The summed E-state index contributed by atoms with van der Waals surface area (Å²) >= 11 is 1.57. The number of carboxylic acids is 1. The van der Waals surface area contributed by atoms with Crippen molar-refractivity contribution >= 4 is 46.4 Å². The summed E-state index contributed by atoms with van der Waals surface area (Å²) in [5.41, 5.74) is 1.76. The lowest BCUT2D eigenvalue weighted by molar-refractivity contribution is -0.149. The van der Waals surface area contributed by atoms with Gasteiger partial charge >= 0.3 is 5.97 Å². The second kappa shape index (κ2) is 12.5. The van der Waals surface area contributed by atoms with Gasteiger partial charge in [-0.25, -0.2) is 4.79 Å². The van der Waals surface area contributed by atoms with Crippen molar-refractivity contribution < 1.29 is 24.3 Å². The van der Waals surface area contributed by atoms with E-state index in [1.165, 1.54) is 4.90 Å². The van der Waals surface area contributed by atoms with Crippen molar-refractivity contribution in [2.45, 2.75) is 62.7 Å². The number of carbonyl (C=O) groups is 4. The van der Waals surface area contributed by atoms with Crippen molar-refractivity contribution in [2.24, 2.45) is 0 Å². The Morgan fingerprint density at radius 2 is 1.95 bits per heavy atom. The van der Waals surface area contributed by atoms with Gasteiger partial charge in [0, 0.05) is 30.1 Å². The number of H-pyrrole nitrogens is 1. The fourth-order valence-electron chi connectivity index (χ4n) is 5.17. The van der Waals surface area contributed by atoms with Gasteiger partial charge < -0.3 is 30.9 Å². The minimum Gasteiger partial charge on any atom is -0.480 e. The molecule has 5 N–H and O–H groups in total. The Hall–Kier alpha value is -3.05. The third-order valence-corrected chi connectivity index (χ3v) is 7.80. The summed E-state index contributed by atoms with van der Waals surface area (Å²) < 4.78 is 0. The van der Waals surface area contributed by atoms with Gasteiger partial charge in [-0.3, -0.25) is 14.4 Å². The second-order valence-corrected chi connectivity index (χ2v) is 10.6. The molecule has 2 saturated heterocycles. The molecule has 2 aliphatic heterocycles. The number of rotatable bonds is 11. The first kappa shape index (κ1) is 27.0. The van der Waals surface area contributed by atoms with Crippen molar-refractivity contribution in [1.29, 1.82) is 0 Å². The summed E-state index contributed by atoms with van der Waals surface area (Å²) in [6.45, 7) is 1.09. The molecule has 10 nitrogen and oxygen atoms in total. The highest BCUT2D eigenvalue weighted by molar-refractivity contribution is 7.98. The van der Waals surface area contributed by atoms with E-state index in [0.29, 0.717) is 31.6 Å². The van der Waals surface area contributed by atoms with Crippen LogP contribution in [-0.4, -0.2) is 87.9 Å². The van der Waals surface area contributed by atoms with Gasteiger partial charge in [-0.2, -0.15) is 11.8 Å². The molecule has 0 radical (unpaired) electrons. The summed E-state index contributed by atoms with van der Waals surface area (Å²) in [6.07, 6.45) is 6.96. The van der Waals surface area contributed by atoms with Gasteiger partial charge in [0.15, 0.2) is 0 Å². The fourth-order valence-corrected chi connectivity index (χ4v) is 5.64. The summed E-state index contributed by atoms with van der Waals surface area (Å²) in [5.74, 6) is -1.47. The first-order chi connectivity index (χ1) is 17.9. The predicted octanol–water partition coefficient (Wildman–Crippen LogP) is 1.26. The van der Waals surface area contributed by atoms with Crippen molar-refractivity contribution in [1.82, 2.24) is 25.8 Å². The maximum Gasteiger partial charge on any atom is 0.326 e. The quantitative estimate of drug-likeness (QED) is 0.295. The number of likely N-dealkylation sites (tertiary alicyclic amines) is 1. The highest BCUT2D eigenvalue weighted by Crippen LogP contribution is 2.23. The summed E-state index contributed by atoms with van der Waals surface area (Å²) in [6, 6.07) is 4.69. The van der Waals surface area contributed by atoms with Crippen molar-refractivity contribution in [3.05, 3.63) is 36.0 Å². The number of hydrogen-bond acceptors (Lipinski definition) is 6. The topological polar surface area (TPSA) is 144 Å². The van der Waals surface area contributed by atoms with Crippen LogP contribution in [0.25, 0.3) is 10.9 Å². The molecule has 2 fully saturated rings. The van der Waals surface area contributed by atoms with Crippen LogP contribution >= 0.6 is 11.8 Å². The van der Waals surface area contributed by atoms with E-state index in [1.54, 1.807) is 11.8 Å². The van der Waals surface area contributed by atoms with Gasteiger partial charge in [-0.05, 0) is 62.3 Å². The number of fused-ring (bicyclic) bond motifs is 1. The third-order valence-electron chi connectivity index (χ3n) is 7.15. The lowest BCUT2D eigenvalue weighted by atomic mass is 10.0. The zero-order valence-electron chi connectivity index (χ0n) is 21.0. The maximum absolute atomic E-state index is 13.7. The normalized spacial score (nSPS) is 21.1. The molecule has 200 valence electrons. The Morgan fingerprint density at radius 1 is 1.14 bits per heavy atom.